The quantitative estimate of drug-likeness (QED) is 0.206. The topological polar surface area (TPSA) is 121 Å². The predicted molar refractivity (Wildman–Crippen MR) is 144 cm³/mol. The van der Waals surface area contributed by atoms with Gasteiger partial charge in [0.1, 0.15) is 23.0 Å². The van der Waals surface area contributed by atoms with Crippen LogP contribution in [0.5, 0.6) is 23.0 Å². The molecule has 2 heterocycles. The molecule has 9 nitrogen and oxygen atoms in total. The molecule has 1 spiro atoms. The SMILES string of the molecule is CN(C)c1ccc(C(=O)N/N=C/c2c(O)ccc3c2Oc2cc(O)ccc2C32OC(=O)c3ccccc32)cc1. The molecule has 4 aromatic carbocycles. The minimum Gasteiger partial charge on any atom is -0.508 e. The standard InChI is InChI=1S/C30H23N3O6/c1-33(2)18-9-7-17(8-10-18)28(36)32-31-16-21-25(35)14-13-24-27(21)38-26-15-19(34)11-12-23(26)30(24)22-6-4-3-5-20(22)29(37)39-30/h3-16,34-35H,1-2H3,(H,32,36)/b31-16+. The van der Waals surface area contributed by atoms with E-state index in [9.17, 15) is 19.8 Å². The van der Waals surface area contributed by atoms with Crippen molar-refractivity contribution in [2.45, 2.75) is 5.60 Å². The fourth-order valence-corrected chi connectivity index (χ4v) is 4.99. The first kappa shape index (κ1) is 24.1. The Balaban J connectivity index is 1.42. The largest absolute Gasteiger partial charge is 0.508 e. The van der Waals surface area contributed by atoms with E-state index >= 15 is 0 Å². The molecule has 1 amide bonds. The van der Waals surface area contributed by atoms with Crippen LogP contribution < -0.4 is 15.1 Å². The van der Waals surface area contributed by atoms with Crippen LogP contribution >= 0.6 is 0 Å². The average molecular weight is 522 g/mol. The van der Waals surface area contributed by atoms with Crippen molar-refractivity contribution in [1.29, 1.82) is 0 Å². The van der Waals surface area contributed by atoms with E-state index in [2.05, 4.69) is 10.5 Å². The van der Waals surface area contributed by atoms with E-state index in [0.717, 1.165) is 5.69 Å². The van der Waals surface area contributed by atoms with Gasteiger partial charge in [-0.25, -0.2) is 10.2 Å². The lowest BCUT2D eigenvalue weighted by molar-refractivity contribution is 0.0224. The summed E-state index contributed by atoms with van der Waals surface area (Å²) in [5.41, 5.74) is 4.60. The minimum absolute atomic E-state index is 0.0483. The number of amides is 1. The first-order valence-electron chi connectivity index (χ1n) is 12.1. The van der Waals surface area contributed by atoms with E-state index in [-0.39, 0.29) is 28.6 Å². The third-order valence-corrected chi connectivity index (χ3v) is 6.89. The Morgan fingerprint density at radius 3 is 2.46 bits per heavy atom. The van der Waals surface area contributed by atoms with Crippen LogP contribution in [0.4, 0.5) is 5.69 Å². The number of fused-ring (bicyclic) bond motifs is 6. The highest BCUT2D eigenvalue weighted by atomic mass is 16.6. The zero-order valence-corrected chi connectivity index (χ0v) is 21.0. The fourth-order valence-electron chi connectivity index (χ4n) is 4.99. The van der Waals surface area contributed by atoms with Gasteiger partial charge >= 0.3 is 5.97 Å². The van der Waals surface area contributed by atoms with Gasteiger partial charge in [-0.15, -0.1) is 0 Å². The number of hydrogen-bond acceptors (Lipinski definition) is 8. The van der Waals surface area contributed by atoms with Crippen molar-refractivity contribution in [1.82, 2.24) is 5.43 Å². The number of phenolic OH excluding ortho intramolecular Hbond substituents is 2. The highest BCUT2D eigenvalue weighted by Crippen LogP contribution is 2.57. The summed E-state index contributed by atoms with van der Waals surface area (Å²) >= 11 is 0. The summed E-state index contributed by atoms with van der Waals surface area (Å²) in [4.78, 5) is 27.6. The van der Waals surface area contributed by atoms with Crippen molar-refractivity contribution in [3.8, 4) is 23.0 Å². The lowest BCUT2D eigenvalue weighted by Gasteiger charge is -2.37. The van der Waals surface area contributed by atoms with Gasteiger partial charge in [0.15, 0.2) is 5.60 Å². The molecule has 2 aliphatic rings. The molecule has 0 aromatic heterocycles. The van der Waals surface area contributed by atoms with Crippen LogP contribution in [-0.2, 0) is 10.3 Å². The van der Waals surface area contributed by atoms with Gasteiger partial charge < -0.3 is 24.6 Å². The predicted octanol–water partition coefficient (Wildman–Crippen LogP) is 4.50. The summed E-state index contributed by atoms with van der Waals surface area (Å²) in [5.74, 6) is -0.741. The summed E-state index contributed by atoms with van der Waals surface area (Å²) in [6, 6.07) is 21.7. The molecule has 0 saturated heterocycles. The van der Waals surface area contributed by atoms with E-state index in [1.54, 1.807) is 48.5 Å². The highest BCUT2D eigenvalue weighted by Gasteiger charge is 2.54. The van der Waals surface area contributed by atoms with Crippen molar-refractivity contribution in [2.24, 2.45) is 5.10 Å². The second-order valence-corrected chi connectivity index (χ2v) is 9.41. The molecule has 0 bridgehead atoms. The lowest BCUT2D eigenvalue weighted by Crippen LogP contribution is -2.33. The molecule has 0 fully saturated rings. The van der Waals surface area contributed by atoms with Crippen LogP contribution in [0.25, 0.3) is 0 Å². The van der Waals surface area contributed by atoms with Gasteiger partial charge in [0.2, 0.25) is 0 Å². The number of anilines is 1. The summed E-state index contributed by atoms with van der Waals surface area (Å²) in [7, 11) is 3.81. The Morgan fingerprint density at radius 1 is 0.949 bits per heavy atom. The third-order valence-electron chi connectivity index (χ3n) is 6.89. The number of hydrogen-bond donors (Lipinski definition) is 3. The monoisotopic (exact) mass is 521 g/mol. The van der Waals surface area contributed by atoms with Crippen molar-refractivity contribution in [2.75, 3.05) is 19.0 Å². The molecule has 0 saturated carbocycles. The number of nitrogens with one attached hydrogen (secondary N) is 1. The molecule has 39 heavy (non-hydrogen) atoms. The zero-order chi connectivity index (χ0) is 27.3. The highest BCUT2D eigenvalue weighted by molar-refractivity contribution is 5.98. The van der Waals surface area contributed by atoms with E-state index < -0.39 is 17.5 Å². The van der Waals surface area contributed by atoms with Crippen LogP contribution in [0.1, 0.15) is 43.0 Å². The molecule has 2 aliphatic heterocycles. The second kappa shape index (κ2) is 8.91. The van der Waals surface area contributed by atoms with Crippen molar-refractivity contribution in [3.05, 3.63) is 112 Å². The number of phenols is 2. The first-order valence-corrected chi connectivity index (χ1v) is 12.1. The molecule has 0 radical (unpaired) electrons. The van der Waals surface area contributed by atoms with Gasteiger partial charge in [0, 0.05) is 48.1 Å². The van der Waals surface area contributed by atoms with E-state index in [1.165, 1.54) is 24.4 Å². The lowest BCUT2D eigenvalue weighted by atomic mass is 9.77. The molecular weight excluding hydrogens is 498 g/mol. The summed E-state index contributed by atoms with van der Waals surface area (Å²) in [5, 5.41) is 25.0. The van der Waals surface area contributed by atoms with Gasteiger partial charge in [-0.2, -0.15) is 5.10 Å². The van der Waals surface area contributed by atoms with E-state index in [0.29, 0.717) is 27.8 Å². The first-order chi connectivity index (χ1) is 18.8. The van der Waals surface area contributed by atoms with Crippen molar-refractivity contribution >= 4 is 23.8 Å². The summed E-state index contributed by atoms with van der Waals surface area (Å²) < 4.78 is 12.2. The maximum absolute atomic E-state index is 13.0. The number of esters is 1. The molecule has 6 rings (SSSR count). The molecule has 4 aromatic rings. The van der Waals surface area contributed by atoms with E-state index in [1.807, 2.05) is 31.1 Å². The van der Waals surface area contributed by atoms with Crippen LogP contribution in [0.3, 0.4) is 0 Å². The Hall–Kier alpha value is -5.31. The molecule has 0 aliphatic carbocycles. The number of aromatic hydroxyl groups is 2. The Kier molecular flexibility index (Phi) is 5.50. The van der Waals surface area contributed by atoms with Crippen molar-refractivity contribution < 1.29 is 29.3 Å². The van der Waals surface area contributed by atoms with E-state index in [4.69, 9.17) is 9.47 Å². The maximum atomic E-state index is 13.0. The number of nitrogens with zero attached hydrogens (tertiary/aromatic N) is 2. The Labute approximate surface area is 223 Å². The van der Waals surface area contributed by atoms with Crippen LogP contribution in [0.2, 0.25) is 0 Å². The number of hydrazone groups is 1. The molecule has 3 N–H and O–H groups in total. The zero-order valence-electron chi connectivity index (χ0n) is 21.0. The smallest absolute Gasteiger partial charge is 0.340 e. The molecule has 194 valence electrons. The molecule has 9 heteroatoms. The minimum atomic E-state index is -1.38. The van der Waals surface area contributed by atoms with Gasteiger partial charge in [0.25, 0.3) is 5.91 Å². The average Bonchev–Trinajstić information content (AvgIpc) is 3.22. The molecule has 1 unspecified atom stereocenters. The normalized spacial score (nSPS) is 16.7. The summed E-state index contributed by atoms with van der Waals surface area (Å²) in [6.45, 7) is 0. The number of benzene rings is 4. The number of carbonyl (C=O) groups excluding carboxylic acids is 2. The molecule has 1 atom stereocenters. The van der Waals surface area contributed by atoms with Gasteiger partial charge in [0.05, 0.1) is 17.3 Å². The summed E-state index contributed by atoms with van der Waals surface area (Å²) in [6.07, 6.45) is 1.27. The van der Waals surface area contributed by atoms with Gasteiger partial charge in [-0.3, -0.25) is 4.79 Å². The molecular formula is C30H23N3O6. The third kappa shape index (κ3) is 3.74. The van der Waals surface area contributed by atoms with Gasteiger partial charge in [-0.05, 0) is 54.6 Å². The Bertz CT molecular complexity index is 1680. The number of ether oxygens (including phenoxy) is 2. The maximum Gasteiger partial charge on any atom is 0.340 e. The number of rotatable bonds is 4. The Morgan fingerprint density at radius 2 is 1.69 bits per heavy atom. The van der Waals surface area contributed by atoms with Gasteiger partial charge in [-0.1, -0.05) is 18.2 Å². The van der Waals surface area contributed by atoms with Crippen LogP contribution in [0.15, 0.2) is 84.0 Å². The second-order valence-electron chi connectivity index (χ2n) is 9.41. The van der Waals surface area contributed by atoms with Crippen molar-refractivity contribution in [3.63, 3.8) is 0 Å². The number of carbonyl (C=O) groups is 2. The van der Waals surface area contributed by atoms with Crippen LogP contribution in [-0.4, -0.2) is 42.4 Å². The van der Waals surface area contributed by atoms with Crippen LogP contribution in [0, 0.1) is 0 Å². The fraction of sp³-hybridized carbons (Fsp3) is 0.100.